The number of anilines is 1. The maximum atomic E-state index is 11.8. The topological polar surface area (TPSA) is 102 Å². The Morgan fingerprint density at radius 3 is 2.68 bits per heavy atom. The number of carbonyl (C=O) groups excluding carboxylic acids is 2. The Labute approximate surface area is 129 Å². The summed E-state index contributed by atoms with van der Waals surface area (Å²) in [7, 11) is -1.74. The molecule has 1 saturated heterocycles. The van der Waals surface area contributed by atoms with Crippen molar-refractivity contribution >= 4 is 27.4 Å². The number of para-hydroxylation sites is 1. The monoisotopic (exact) mass is 326 g/mol. The van der Waals surface area contributed by atoms with Gasteiger partial charge in [-0.2, -0.15) is 0 Å². The van der Waals surface area contributed by atoms with E-state index in [1.165, 1.54) is 7.11 Å². The molecule has 0 aliphatic carbocycles. The fourth-order valence-corrected chi connectivity index (χ4v) is 3.96. The van der Waals surface area contributed by atoms with Crippen LogP contribution in [-0.2, 0) is 19.4 Å². The van der Waals surface area contributed by atoms with Crippen LogP contribution in [0.2, 0.25) is 0 Å². The minimum Gasteiger partial charge on any atom is -0.465 e. The van der Waals surface area contributed by atoms with Crippen LogP contribution in [0, 0.1) is 0 Å². The number of hydrogen-bond acceptors (Lipinski definition) is 6. The third-order valence-electron chi connectivity index (χ3n) is 3.37. The Morgan fingerprint density at radius 2 is 2.05 bits per heavy atom. The van der Waals surface area contributed by atoms with E-state index in [9.17, 15) is 18.0 Å². The van der Waals surface area contributed by atoms with Crippen molar-refractivity contribution in [3.05, 3.63) is 29.8 Å². The number of esters is 1. The van der Waals surface area contributed by atoms with Crippen LogP contribution in [0.15, 0.2) is 24.3 Å². The summed E-state index contributed by atoms with van der Waals surface area (Å²) < 4.78 is 27.3. The van der Waals surface area contributed by atoms with Gasteiger partial charge in [-0.3, -0.25) is 4.79 Å². The van der Waals surface area contributed by atoms with Gasteiger partial charge in [0.25, 0.3) is 0 Å². The molecule has 1 aromatic rings. The summed E-state index contributed by atoms with van der Waals surface area (Å²) in [5.74, 6) is -0.722. The Balaban J connectivity index is 1.91. The van der Waals surface area contributed by atoms with Crippen molar-refractivity contribution < 1.29 is 22.7 Å². The Morgan fingerprint density at radius 1 is 1.32 bits per heavy atom. The molecule has 0 aromatic heterocycles. The molecule has 1 unspecified atom stereocenters. The molecule has 0 saturated carbocycles. The molecule has 120 valence electrons. The summed E-state index contributed by atoms with van der Waals surface area (Å²) in [5.41, 5.74) is 0.824. The molecule has 1 fully saturated rings. The maximum Gasteiger partial charge on any atom is 0.339 e. The van der Waals surface area contributed by atoms with Gasteiger partial charge in [-0.15, -0.1) is 0 Å². The number of nitrogens with one attached hydrogen (secondary N) is 2. The van der Waals surface area contributed by atoms with Crippen molar-refractivity contribution in [2.75, 3.05) is 30.5 Å². The second-order valence-corrected chi connectivity index (χ2v) is 7.29. The van der Waals surface area contributed by atoms with Crippen LogP contribution in [0.25, 0.3) is 0 Å². The van der Waals surface area contributed by atoms with Crippen molar-refractivity contribution in [3.8, 4) is 0 Å². The zero-order chi connectivity index (χ0) is 16.2. The van der Waals surface area contributed by atoms with E-state index in [1.54, 1.807) is 24.3 Å². The van der Waals surface area contributed by atoms with Crippen molar-refractivity contribution in [2.45, 2.75) is 12.5 Å². The first-order valence-corrected chi connectivity index (χ1v) is 8.64. The Kier molecular flexibility index (Phi) is 5.02. The summed E-state index contributed by atoms with van der Waals surface area (Å²) in [4.78, 5) is 23.4. The SMILES string of the molecule is COC(=O)c1ccccc1NCC(=O)NC1CCS(=O)(=O)C1. The highest BCUT2D eigenvalue weighted by atomic mass is 32.2. The second kappa shape index (κ2) is 6.78. The first kappa shape index (κ1) is 16.3. The van der Waals surface area contributed by atoms with Gasteiger partial charge in [0.1, 0.15) is 0 Å². The lowest BCUT2D eigenvalue weighted by atomic mass is 10.2. The normalized spacial score (nSPS) is 19.4. The summed E-state index contributed by atoms with van der Waals surface area (Å²) in [6, 6.07) is 6.35. The summed E-state index contributed by atoms with van der Waals surface area (Å²) >= 11 is 0. The van der Waals surface area contributed by atoms with Gasteiger partial charge in [-0.05, 0) is 18.6 Å². The predicted octanol–water partition coefficient (Wildman–Crippen LogP) is 0.188. The molecule has 1 amide bonds. The van der Waals surface area contributed by atoms with Crippen LogP contribution in [-0.4, -0.2) is 51.5 Å². The zero-order valence-corrected chi connectivity index (χ0v) is 13.0. The van der Waals surface area contributed by atoms with Crippen molar-refractivity contribution in [2.24, 2.45) is 0 Å². The number of methoxy groups -OCH3 is 1. The van der Waals surface area contributed by atoms with Crippen LogP contribution < -0.4 is 10.6 Å². The van der Waals surface area contributed by atoms with Crippen LogP contribution in [0.1, 0.15) is 16.8 Å². The number of carbonyl (C=O) groups is 2. The quantitative estimate of drug-likeness (QED) is 0.749. The number of hydrogen-bond donors (Lipinski definition) is 2. The molecule has 8 heteroatoms. The van der Waals surface area contributed by atoms with Crippen molar-refractivity contribution in [1.29, 1.82) is 0 Å². The number of amides is 1. The highest BCUT2D eigenvalue weighted by Crippen LogP contribution is 2.16. The third-order valence-corrected chi connectivity index (χ3v) is 5.14. The lowest BCUT2D eigenvalue weighted by Crippen LogP contribution is -2.39. The molecule has 7 nitrogen and oxygen atoms in total. The molecule has 1 aromatic carbocycles. The number of rotatable bonds is 5. The molecular weight excluding hydrogens is 308 g/mol. The highest BCUT2D eigenvalue weighted by molar-refractivity contribution is 7.91. The van der Waals surface area contributed by atoms with Crippen LogP contribution in [0.4, 0.5) is 5.69 Å². The summed E-state index contributed by atoms with van der Waals surface area (Å²) in [5, 5.41) is 5.53. The molecular formula is C14H18N2O5S. The fraction of sp³-hybridized carbons (Fsp3) is 0.429. The summed E-state index contributed by atoms with van der Waals surface area (Å²) in [6.07, 6.45) is 0.437. The second-order valence-electron chi connectivity index (χ2n) is 5.06. The van der Waals surface area contributed by atoms with E-state index in [4.69, 9.17) is 0 Å². The molecule has 1 heterocycles. The van der Waals surface area contributed by atoms with Crippen molar-refractivity contribution in [3.63, 3.8) is 0 Å². The van der Waals surface area contributed by atoms with Crippen LogP contribution >= 0.6 is 0 Å². The molecule has 2 N–H and O–H groups in total. The van der Waals surface area contributed by atoms with E-state index in [0.29, 0.717) is 17.7 Å². The first-order chi connectivity index (χ1) is 10.4. The number of benzene rings is 1. The number of sulfone groups is 1. The molecule has 0 bridgehead atoms. The Bertz CT molecular complexity index is 672. The van der Waals surface area contributed by atoms with Gasteiger partial charge in [0.2, 0.25) is 5.91 Å². The average Bonchev–Trinajstić information content (AvgIpc) is 2.83. The molecule has 2 rings (SSSR count). The molecule has 0 spiro atoms. The average molecular weight is 326 g/mol. The fourth-order valence-electron chi connectivity index (χ4n) is 2.29. The van der Waals surface area contributed by atoms with Gasteiger partial charge < -0.3 is 15.4 Å². The minimum absolute atomic E-state index is 0.0164. The lowest BCUT2D eigenvalue weighted by Gasteiger charge is -2.13. The van der Waals surface area contributed by atoms with Gasteiger partial charge >= 0.3 is 5.97 Å². The largest absolute Gasteiger partial charge is 0.465 e. The Hall–Kier alpha value is -2.09. The lowest BCUT2D eigenvalue weighted by molar-refractivity contribution is -0.119. The van der Waals surface area contributed by atoms with E-state index in [2.05, 4.69) is 15.4 Å². The third kappa shape index (κ3) is 4.20. The standard InChI is InChI=1S/C14H18N2O5S/c1-21-14(18)11-4-2-3-5-12(11)15-8-13(17)16-10-6-7-22(19,20)9-10/h2-5,10,15H,6-9H2,1H3,(H,16,17). The smallest absolute Gasteiger partial charge is 0.339 e. The van der Waals surface area contributed by atoms with Gasteiger partial charge in [-0.1, -0.05) is 12.1 Å². The molecule has 1 aliphatic heterocycles. The van der Waals surface area contributed by atoms with E-state index in [1.807, 2.05) is 0 Å². The van der Waals surface area contributed by atoms with Gasteiger partial charge in [-0.25, -0.2) is 13.2 Å². The minimum atomic E-state index is -3.03. The van der Waals surface area contributed by atoms with Crippen molar-refractivity contribution in [1.82, 2.24) is 5.32 Å². The number of ether oxygens (including phenoxy) is 1. The first-order valence-electron chi connectivity index (χ1n) is 6.82. The van der Waals surface area contributed by atoms with Gasteiger partial charge in [0, 0.05) is 11.7 Å². The van der Waals surface area contributed by atoms with Gasteiger partial charge in [0.05, 0.1) is 30.7 Å². The predicted molar refractivity (Wildman–Crippen MR) is 81.5 cm³/mol. The van der Waals surface area contributed by atoms with E-state index in [0.717, 1.165) is 0 Å². The van der Waals surface area contributed by atoms with Crippen LogP contribution in [0.5, 0.6) is 0 Å². The molecule has 1 aliphatic rings. The van der Waals surface area contributed by atoms with E-state index < -0.39 is 15.8 Å². The highest BCUT2D eigenvalue weighted by Gasteiger charge is 2.28. The summed E-state index contributed by atoms with van der Waals surface area (Å²) in [6.45, 7) is -0.0510. The maximum absolute atomic E-state index is 11.8. The van der Waals surface area contributed by atoms with E-state index >= 15 is 0 Å². The molecule has 1 atom stereocenters. The zero-order valence-electron chi connectivity index (χ0n) is 12.2. The van der Waals surface area contributed by atoms with E-state index in [-0.39, 0.29) is 30.0 Å². The molecule has 22 heavy (non-hydrogen) atoms. The van der Waals surface area contributed by atoms with Gasteiger partial charge in [0.15, 0.2) is 9.84 Å². The van der Waals surface area contributed by atoms with Crippen LogP contribution in [0.3, 0.4) is 0 Å². The molecule has 0 radical (unpaired) electrons.